The molecule has 2 aliphatic rings. The molecule has 0 radical (unpaired) electrons. The number of hydrogen-bond donors (Lipinski definition) is 1. The third kappa shape index (κ3) is 2.96. The van der Waals surface area contributed by atoms with Gasteiger partial charge >= 0.3 is 0 Å². The highest BCUT2D eigenvalue weighted by molar-refractivity contribution is 6.01. The van der Waals surface area contributed by atoms with Gasteiger partial charge in [-0.25, -0.2) is 0 Å². The monoisotopic (exact) mass is 316 g/mol. The van der Waals surface area contributed by atoms with Crippen molar-refractivity contribution in [2.45, 2.75) is 65.0 Å². The van der Waals surface area contributed by atoms with E-state index in [1.165, 1.54) is 6.07 Å². The van der Waals surface area contributed by atoms with E-state index in [4.69, 9.17) is 0 Å². The number of nitrogens with one attached hydrogen (secondary N) is 1. The van der Waals surface area contributed by atoms with Gasteiger partial charge in [0.05, 0.1) is 0 Å². The summed E-state index contributed by atoms with van der Waals surface area (Å²) in [5.41, 5.74) is 0.938. The van der Waals surface area contributed by atoms with Crippen molar-refractivity contribution in [2.75, 3.05) is 0 Å². The number of rotatable bonds is 4. The SMILES string of the molecule is CC(C)[C@@H](C)N(C(=O)c1cc2c([nH]c1=O)CCCC2=O)C1CC1. The normalized spacial score (nSPS) is 18.7. The molecular formula is C18H24N2O3. The van der Waals surface area contributed by atoms with Crippen molar-refractivity contribution in [3.8, 4) is 0 Å². The summed E-state index contributed by atoms with van der Waals surface area (Å²) in [6.45, 7) is 6.18. The maximum atomic E-state index is 13.0. The largest absolute Gasteiger partial charge is 0.333 e. The first-order chi connectivity index (χ1) is 10.9. The summed E-state index contributed by atoms with van der Waals surface area (Å²) in [5, 5.41) is 0. The lowest BCUT2D eigenvalue weighted by atomic mass is 9.93. The van der Waals surface area contributed by atoms with Crippen LogP contribution in [0, 0.1) is 5.92 Å². The Labute approximate surface area is 136 Å². The molecule has 5 heteroatoms. The zero-order valence-corrected chi connectivity index (χ0v) is 14.0. The van der Waals surface area contributed by atoms with Crippen molar-refractivity contribution in [1.82, 2.24) is 9.88 Å². The average Bonchev–Trinajstić information content (AvgIpc) is 3.31. The van der Waals surface area contributed by atoms with Crippen LogP contribution in [0.15, 0.2) is 10.9 Å². The Morgan fingerprint density at radius 2 is 1.91 bits per heavy atom. The summed E-state index contributed by atoms with van der Waals surface area (Å²) >= 11 is 0. The van der Waals surface area contributed by atoms with Gasteiger partial charge in [-0.15, -0.1) is 0 Å². The number of aromatic amines is 1. The van der Waals surface area contributed by atoms with Crippen LogP contribution >= 0.6 is 0 Å². The lowest BCUT2D eigenvalue weighted by Crippen LogP contribution is -2.45. The van der Waals surface area contributed by atoms with Gasteiger partial charge in [0.15, 0.2) is 5.78 Å². The molecule has 0 saturated heterocycles. The summed E-state index contributed by atoms with van der Waals surface area (Å²) in [4.78, 5) is 42.0. The molecule has 0 bridgehead atoms. The van der Waals surface area contributed by atoms with E-state index in [0.717, 1.165) is 19.3 Å². The average molecular weight is 316 g/mol. The van der Waals surface area contributed by atoms with Gasteiger partial charge in [-0.1, -0.05) is 13.8 Å². The van der Waals surface area contributed by atoms with Gasteiger partial charge in [-0.2, -0.15) is 0 Å². The van der Waals surface area contributed by atoms with E-state index in [9.17, 15) is 14.4 Å². The Balaban J connectivity index is 2.00. The van der Waals surface area contributed by atoms with Crippen molar-refractivity contribution in [3.63, 3.8) is 0 Å². The molecular weight excluding hydrogens is 292 g/mol. The zero-order valence-electron chi connectivity index (χ0n) is 14.0. The minimum Gasteiger partial charge on any atom is -0.333 e. The molecule has 0 aliphatic heterocycles. The fourth-order valence-corrected chi connectivity index (χ4v) is 3.23. The van der Waals surface area contributed by atoms with Crippen LogP contribution < -0.4 is 5.56 Å². The van der Waals surface area contributed by atoms with Crippen molar-refractivity contribution in [1.29, 1.82) is 0 Å². The standard InChI is InChI=1S/C18H24N2O3/c1-10(2)11(3)20(12-7-8-12)18(23)14-9-13-15(19-17(14)22)5-4-6-16(13)21/h9-12H,4-8H2,1-3H3,(H,19,22)/t11-/m1/s1. The maximum absolute atomic E-state index is 13.0. The third-order valence-corrected chi connectivity index (χ3v) is 5.06. The third-order valence-electron chi connectivity index (χ3n) is 5.06. The summed E-state index contributed by atoms with van der Waals surface area (Å²) in [5.74, 6) is 0.0976. The number of pyridine rings is 1. The van der Waals surface area contributed by atoms with Gasteiger partial charge in [-0.3, -0.25) is 14.4 Å². The number of fused-ring (bicyclic) bond motifs is 1. The highest BCUT2D eigenvalue weighted by atomic mass is 16.2. The number of nitrogens with zero attached hydrogens (tertiary/aromatic N) is 1. The van der Waals surface area contributed by atoms with Crippen LogP contribution in [0.1, 0.15) is 72.9 Å². The number of amides is 1. The van der Waals surface area contributed by atoms with Crippen LogP contribution in [0.5, 0.6) is 0 Å². The van der Waals surface area contributed by atoms with Crippen molar-refractivity contribution in [3.05, 3.63) is 33.2 Å². The van der Waals surface area contributed by atoms with Gasteiger partial charge < -0.3 is 9.88 Å². The van der Waals surface area contributed by atoms with Crippen molar-refractivity contribution in [2.24, 2.45) is 5.92 Å². The number of aromatic nitrogens is 1. The smallest absolute Gasteiger partial charge is 0.261 e. The topological polar surface area (TPSA) is 70.2 Å². The van der Waals surface area contributed by atoms with Gasteiger partial charge in [0.2, 0.25) is 0 Å². The number of ketones is 1. The molecule has 1 heterocycles. The molecule has 124 valence electrons. The Bertz CT molecular complexity index is 701. The van der Waals surface area contributed by atoms with Crippen LogP contribution in [-0.2, 0) is 6.42 Å². The first-order valence-electron chi connectivity index (χ1n) is 8.52. The Morgan fingerprint density at radius 1 is 1.22 bits per heavy atom. The predicted molar refractivity (Wildman–Crippen MR) is 87.8 cm³/mol. The number of carbonyl (C=O) groups excluding carboxylic acids is 2. The minimum atomic E-state index is -0.370. The van der Waals surface area contributed by atoms with E-state index in [-0.39, 0.29) is 34.9 Å². The van der Waals surface area contributed by atoms with Crippen LogP contribution in [-0.4, -0.2) is 33.7 Å². The molecule has 1 atom stereocenters. The van der Waals surface area contributed by atoms with Crippen LogP contribution in [0.25, 0.3) is 0 Å². The summed E-state index contributed by atoms with van der Waals surface area (Å²) in [6.07, 6.45) is 3.92. The number of H-pyrrole nitrogens is 1. The first-order valence-corrected chi connectivity index (χ1v) is 8.52. The molecule has 2 aliphatic carbocycles. The molecule has 0 unspecified atom stereocenters. The van der Waals surface area contributed by atoms with Gasteiger partial charge in [0.25, 0.3) is 11.5 Å². The summed E-state index contributed by atoms with van der Waals surface area (Å²) in [6, 6.07) is 1.83. The molecule has 23 heavy (non-hydrogen) atoms. The molecule has 0 aromatic carbocycles. The molecule has 1 aromatic rings. The molecule has 0 spiro atoms. The molecule has 1 saturated carbocycles. The molecule has 1 N–H and O–H groups in total. The summed E-state index contributed by atoms with van der Waals surface area (Å²) < 4.78 is 0. The first kappa shape index (κ1) is 16.0. The predicted octanol–water partition coefficient (Wildman–Crippen LogP) is 2.54. The highest BCUT2D eigenvalue weighted by Crippen LogP contribution is 2.32. The van der Waals surface area contributed by atoms with Crippen molar-refractivity contribution >= 4 is 11.7 Å². The number of carbonyl (C=O) groups is 2. The number of Topliss-reactive ketones (excluding diaryl/α,β-unsaturated/α-hetero) is 1. The van der Waals surface area contributed by atoms with Crippen LogP contribution in [0.2, 0.25) is 0 Å². The van der Waals surface area contributed by atoms with E-state index in [0.29, 0.717) is 30.0 Å². The number of aryl methyl sites for hydroxylation is 1. The van der Waals surface area contributed by atoms with E-state index in [2.05, 4.69) is 18.8 Å². The van der Waals surface area contributed by atoms with E-state index in [1.54, 1.807) is 0 Å². The Hall–Kier alpha value is -1.91. The second-order valence-electron chi connectivity index (χ2n) is 7.11. The molecule has 5 nitrogen and oxygen atoms in total. The van der Waals surface area contributed by atoms with E-state index >= 15 is 0 Å². The molecule has 1 aromatic heterocycles. The fourth-order valence-electron chi connectivity index (χ4n) is 3.23. The van der Waals surface area contributed by atoms with Gasteiger partial charge in [-0.05, 0) is 44.6 Å². The van der Waals surface area contributed by atoms with Crippen LogP contribution in [0.3, 0.4) is 0 Å². The quantitative estimate of drug-likeness (QED) is 0.928. The Kier molecular flexibility index (Phi) is 4.13. The molecule has 3 rings (SSSR count). The fraction of sp³-hybridized carbons (Fsp3) is 0.611. The molecule has 1 fully saturated rings. The van der Waals surface area contributed by atoms with Crippen LogP contribution in [0.4, 0.5) is 0 Å². The maximum Gasteiger partial charge on any atom is 0.261 e. The lowest BCUT2D eigenvalue weighted by molar-refractivity contribution is 0.0626. The minimum absolute atomic E-state index is 0.0198. The number of hydrogen-bond acceptors (Lipinski definition) is 3. The Morgan fingerprint density at radius 3 is 2.52 bits per heavy atom. The second kappa shape index (κ2) is 5.95. The van der Waals surface area contributed by atoms with E-state index in [1.807, 2.05) is 11.8 Å². The van der Waals surface area contributed by atoms with Gasteiger partial charge in [0.1, 0.15) is 5.56 Å². The highest BCUT2D eigenvalue weighted by Gasteiger charge is 2.38. The zero-order chi connectivity index (χ0) is 16.7. The lowest BCUT2D eigenvalue weighted by Gasteiger charge is -2.32. The second-order valence-corrected chi connectivity index (χ2v) is 7.11. The summed E-state index contributed by atoms with van der Waals surface area (Å²) in [7, 11) is 0. The van der Waals surface area contributed by atoms with Crippen molar-refractivity contribution < 1.29 is 9.59 Å². The molecule has 1 amide bonds. The van der Waals surface area contributed by atoms with Gasteiger partial charge in [0, 0.05) is 29.8 Å². The van der Waals surface area contributed by atoms with E-state index < -0.39 is 0 Å².